The zero-order chi connectivity index (χ0) is 19.7. The number of rotatable bonds is 3. The highest BCUT2D eigenvalue weighted by Gasteiger charge is 2.22. The van der Waals surface area contributed by atoms with E-state index in [1.54, 1.807) is 10.7 Å². The highest BCUT2D eigenvalue weighted by atomic mass is 19.1. The van der Waals surface area contributed by atoms with Crippen LogP contribution in [0.1, 0.15) is 60.8 Å². The van der Waals surface area contributed by atoms with Gasteiger partial charge in [-0.3, -0.25) is 9.78 Å². The Morgan fingerprint density at radius 3 is 2.62 bits per heavy atom. The van der Waals surface area contributed by atoms with E-state index in [1.807, 2.05) is 43.2 Å². The average Bonchev–Trinajstić information content (AvgIpc) is 3.14. The van der Waals surface area contributed by atoms with Gasteiger partial charge in [-0.2, -0.15) is 5.10 Å². The Labute approximate surface area is 170 Å². The highest BCUT2D eigenvalue weighted by Crippen LogP contribution is 2.28. The van der Waals surface area contributed by atoms with Gasteiger partial charge in [-0.05, 0) is 62.4 Å². The zero-order valence-corrected chi connectivity index (χ0v) is 16.2. The van der Waals surface area contributed by atoms with Crippen molar-refractivity contribution in [3.8, 4) is 0 Å². The lowest BCUT2D eigenvalue weighted by molar-refractivity contribution is 0.0726. The molecular formula is C23H27FN4O. The van der Waals surface area contributed by atoms with E-state index in [-0.39, 0.29) is 19.2 Å². The first-order valence-corrected chi connectivity index (χ1v) is 9.64. The SMILES string of the molecule is C.C/C=C(/c1ccn2ncc(C(=O)N3CCCCC3)c2c1)c1cc(F)cnc1C. The molecule has 0 saturated carbocycles. The number of aromatic nitrogens is 3. The molecule has 0 bridgehead atoms. The number of aryl methyl sites for hydroxylation is 1. The maximum Gasteiger partial charge on any atom is 0.257 e. The van der Waals surface area contributed by atoms with Crippen LogP contribution in [0.5, 0.6) is 0 Å². The van der Waals surface area contributed by atoms with E-state index in [4.69, 9.17) is 0 Å². The lowest BCUT2D eigenvalue weighted by Gasteiger charge is -2.26. The van der Waals surface area contributed by atoms with Gasteiger partial charge in [0.1, 0.15) is 5.82 Å². The summed E-state index contributed by atoms with van der Waals surface area (Å²) < 4.78 is 15.5. The Balaban J connectivity index is 0.00000240. The van der Waals surface area contributed by atoms with Crippen LogP contribution in [0, 0.1) is 12.7 Å². The van der Waals surface area contributed by atoms with Crippen LogP contribution in [0.15, 0.2) is 42.9 Å². The maximum absolute atomic E-state index is 13.8. The van der Waals surface area contributed by atoms with Gasteiger partial charge in [-0.1, -0.05) is 13.5 Å². The summed E-state index contributed by atoms with van der Waals surface area (Å²) in [6.07, 6.45) is 9.91. The standard InChI is InChI=1S/C22H23FN4O.CH4/c1-3-18(19-12-17(23)13-24-15(19)2)16-7-10-27-21(11-16)20(14-25-27)22(28)26-8-5-4-6-9-26;/h3,7,10-14H,4-6,8-9H2,1-2H3;1H4/b18-3-;. The van der Waals surface area contributed by atoms with Crippen molar-refractivity contribution in [1.82, 2.24) is 19.5 Å². The van der Waals surface area contributed by atoms with Gasteiger partial charge in [-0.15, -0.1) is 0 Å². The first-order chi connectivity index (χ1) is 13.6. The van der Waals surface area contributed by atoms with E-state index < -0.39 is 0 Å². The first kappa shape index (κ1) is 20.7. The van der Waals surface area contributed by atoms with E-state index >= 15 is 0 Å². The molecule has 0 atom stereocenters. The van der Waals surface area contributed by atoms with Crippen molar-refractivity contribution >= 4 is 17.0 Å². The second-order valence-corrected chi connectivity index (χ2v) is 7.15. The van der Waals surface area contributed by atoms with Crippen molar-refractivity contribution in [3.63, 3.8) is 0 Å². The van der Waals surface area contributed by atoms with E-state index in [2.05, 4.69) is 10.1 Å². The summed E-state index contributed by atoms with van der Waals surface area (Å²) in [6, 6.07) is 5.37. The lowest BCUT2D eigenvalue weighted by Crippen LogP contribution is -2.35. The third-order valence-corrected chi connectivity index (χ3v) is 5.34. The largest absolute Gasteiger partial charge is 0.339 e. The molecule has 1 aliphatic heterocycles. The fourth-order valence-electron chi connectivity index (χ4n) is 3.84. The molecule has 1 aliphatic rings. The summed E-state index contributed by atoms with van der Waals surface area (Å²) >= 11 is 0. The zero-order valence-electron chi connectivity index (χ0n) is 16.2. The molecule has 6 heteroatoms. The monoisotopic (exact) mass is 394 g/mol. The molecular weight excluding hydrogens is 367 g/mol. The molecule has 4 rings (SSSR count). The van der Waals surface area contributed by atoms with Gasteiger partial charge in [0.25, 0.3) is 5.91 Å². The number of hydrogen-bond donors (Lipinski definition) is 0. The van der Waals surface area contributed by atoms with Crippen LogP contribution in [0.2, 0.25) is 0 Å². The molecule has 0 radical (unpaired) electrons. The smallest absolute Gasteiger partial charge is 0.257 e. The first-order valence-electron chi connectivity index (χ1n) is 9.64. The Morgan fingerprint density at radius 1 is 1.14 bits per heavy atom. The number of halogens is 1. The average molecular weight is 394 g/mol. The van der Waals surface area contributed by atoms with Crippen LogP contribution in [0.25, 0.3) is 11.1 Å². The number of carbonyl (C=O) groups is 1. The number of nitrogens with zero attached hydrogens (tertiary/aromatic N) is 4. The molecule has 1 amide bonds. The molecule has 0 aliphatic carbocycles. The predicted molar refractivity (Wildman–Crippen MR) is 113 cm³/mol. The third-order valence-electron chi connectivity index (χ3n) is 5.34. The number of allylic oxidation sites excluding steroid dienone is 1. The molecule has 3 aromatic rings. The normalized spacial score (nSPS) is 14.7. The van der Waals surface area contributed by atoms with Gasteiger partial charge >= 0.3 is 0 Å². The lowest BCUT2D eigenvalue weighted by atomic mass is 9.96. The molecule has 29 heavy (non-hydrogen) atoms. The molecule has 0 unspecified atom stereocenters. The van der Waals surface area contributed by atoms with Crippen molar-refractivity contribution in [1.29, 1.82) is 0 Å². The van der Waals surface area contributed by atoms with Gasteiger partial charge < -0.3 is 4.90 Å². The molecule has 1 fully saturated rings. The van der Waals surface area contributed by atoms with Crippen LogP contribution >= 0.6 is 0 Å². The topological polar surface area (TPSA) is 50.5 Å². The van der Waals surface area contributed by atoms with Gasteiger partial charge in [-0.25, -0.2) is 8.91 Å². The summed E-state index contributed by atoms with van der Waals surface area (Å²) in [5.41, 5.74) is 4.65. The van der Waals surface area contributed by atoms with Crippen molar-refractivity contribution in [2.24, 2.45) is 0 Å². The quantitative estimate of drug-likeness (QED) is 0.635. The summed E-state index contributed by atoms with van der Waals surface area (Å²) in [6.45, 7) is 5.37. The van der Waals surface area contributed by atoms with Gasteiger partial charge in [0.15, 0.2) is 0 Å². The van der Waals surface area contributed by atoms with Gasteiger partial charge in [0.2, 0.25) is 0 Å². The summed E-state index contributed by atoms with van der Waals surface area (Å²) in [7, 11) is 0. The second kappa shape index (κ2) is 8.55. The number of likely N-dealkylation sites (tertiary alicyclic amines) is 1. The van der Waals surface area contributed by atoms with Gasteiger partial charge in [0.05, 0.1) is 23.5 Å². The van der Waals surface area contributed by atoms with Crippen LogP contribution in [0.3, 0.4) is 0 Å². The summed E-state index contributed by atoms with van der Waals surface area (Å²) in [5, 5.41) is 4.34. The Hall–Kier alpha value is -3.02. The maximum atomic E-state index is 13.8. The fraction of sp³-hybridized carbons (Fsp3) is 0.348. The van der Waals surface area contributed by atoms with E-state index in [0.29, 0.717) is 5.56 Å². The molecule has 0 N–H and O–H groups in total. The molecule has 5 nitrogen and oxygen atoms in total. The molecule has 0 spiro atoms. The minimum Gasteiger partial charge on any atom is -0.339 e. The number of amides is 1. The molecule has 1 saturated heterocycles. The molecule has 152 valence electrons. The highest BCUT2D eigenvalue weighted by molar-refractivity contribution is 6.01. The van der Waals surface area contributed by atoms with Crippen molar-refractivity contribution < 1.29 is 9.18 Å². The summed E-state index contributed by atoms with van der Waals surface area (Å²) in [5.74, 6) is -0.344. The van der Waals surface area contributed by atoms with Crippen LogP contribution in [-0.4, -0.2) is 38.5 Å². The Morgan fingerprint density at radius 2 is 1.90 bits per heavy atom. The van der Waals surface area contributed by atoms with E-state index in [9.17, 15) is 9.18 Å². The number of piperidine rings is 1. The molecule has 0 aromatic carbocycles. The van der Waals surface area contributed by atoms with Crippen LogP contribution < -0.4 is 0 Å². The number of carbonyl (C=O) groups excluding carboxylic acids is 1. The van der Waals surface area contributed by atoms with Crippen LogP contribution in [-0.2, 0) is 0 Å². The Bertz CT molecular complexity index is 1060. The predicted octanol–water partition coefficient (Wildman–Crippen LogP) is 4.89. The minimum absolute atomic E-state index is 0. The van der Waals surface area contributed by atoms with Crippen molar-refractivity contribution in [2.45, 2.75) is 40.5 Å². The van der Waals surface area contributed by atoms with Gasteiger partial charge in [0, 0.05) is 30.5 Å². The molecule has 3 aromatic heterocycles. The van der Waals surface area contributed by atoms with Crippen molar-refractivity contribution in [3.05, 3.63) is 71.1 Å². The number of hydrogen-bond acceptors (Lipinski definition) is 3. The van der Waals surface area contributed by atoms with E-state index in [1.165, 1.54) is 18.7 Å². The Kier molecular flexibility index (Phi) is 6.11. The number of pyridine rings is 2. The number of fused-ring (bicyclic) bond motifs is 1. The third kappa shape index (κ3) is 3.92. The van der Waals surface area contributed by atoms with Crippen LogP contribution in [0.4, 0.5) is 4.39 Å². The molecule has 4 heterocycles. The van der Waals surface area contributed by atoms with Crippen molar-refractivity contribution in [2.75, 3.05) is 13.1 Å². The fourth-order valence-corrected chi connectivity index (χ4v) is 3.84. The summed E-state index contributed by atoms with van der Waals surface area (Å²) in [4.78, 5) is 19.0. The second-order valence-electron chi connectivity index (χ2n) is 7.15. The minimum atomic E-state index is -0.369. The van der Waals surface area contributed by atoms with E-state index in [0.717, 1.165) is 53.8 Å².